The predicted molar refractivity (Wildman–Crippen MR) is 232 cm³/mol. The Kier molecular flexibility index (Phi) is 10.1. The molecule has 0 spiro atoms. The van der Waals surface area contributed by atoms with Gasteiger partial charge in [0.25, 0.3) is 30.4 Å². The molecule has 0 amide bonds. The van der Waals surface area contributed by atoms with Gasteiger partial charge in [-0.25, -0.2) is 0 Å². The van der Waals surface area contributed by atoms with Crippen molar-refractivity contribution in [3.8, 4) is 5.75 Å². The van der Waals surface area contributed by atoms with Gasteiger partial charge in [-0.1, -0.05) is 42.5 Å². The number of phenols is 1. The van der Waals surface area contributed by atoms with E-state index in [0.717, 1.165) is 17.5 Å². The van der Waals surface area contributed by atoms with E-state index in [-0.39, 0.29) is 27.1 Å². The van der Waals surface area contributed by atoms with Gasteiger partial charge in [0.05, 0.1) is 39.0 Å². The van der Waals surface area contributed by atoms with Crippen LogP contribution in [-0.2, 0) is 30.4 Å². The molecule has 0 atom stereocenters. The number of azo groups is 2. The zero-order chi connectivity index (χ0) is 43.4. The van der Waals surface area contributed by atoms with Crippen LogP contribution in [-0.4, -0.2) is 44.0 Å². The topological polar surface area (TPSA) is 283 Å². The first kappa shape index (κ1) is 40.7. The molecule has 0 aliphatic carbocycles. The number of fused-ring (bicyclic) bond motifs is 4. The number of hydrogen-bond acceptors (Lipinski definition) is 14. The van der Waals surface area contributed by atoms with Crippen LogP contribution in [0.1, 0.15) is 5.56 Å². The highest BCUT2D eigenvalue weighted by Crippen LogP contribution is 2.41. The van der Waals surface area contributed by atoms with Crippen LogP contribution in [0.3, 0.4) is 0 Å². The van der Waals surface area contributed by atoms with E-state index < -0.39 is 40.1 Å². The van der Waals surface area contributed by atoms with Crippen molar-refractivity contribution < 1.29 is 44.0 Å². The quantitative estimate of drug-likeness (QED) is 0.0222. The lowest BCUT2D eigenvalue weighted by Crippen LogP contribution is -2.10. The van der Waals surface area contributed by atoms with Crippen LogP contribution in [0.4, 0.5) is 39.8 Å². The zero-order valence-corrected chi connectivity index (χ0v) is 33.8. The molecule has 0 aliphatic heterocycles. The van der Waals surface area contributed by atoms with E-state index in [1.54, 1.807) is 73.7 Å². The molecule has 17 nitrogen and oxygen atoms in total. The second kappa shape index (κ2) is 15.2. The second-order valence-corrected chi connectivity index (χ2v) is 18.0. The first-order valence-corrected chi connectivity index (χ1v) is 22.1. The van der Waals surface area contributed by atoms with Crippen molar-refractivity contribution >= 4 is 113 Å². The summed E-state index contributed by atoms with van der Waals surface area (Å²) in [6.07, 6.45) is 0. The van der Waals surface area contributed by atoms with Gasteiger partial charge in [-0.05, 0) is 96.7 Å². The fourth-order valence-corrected chi connectivity index (χ4v) is 8.89. The molecule has 0 aromatic heterocycles. The molecule has 0 aliphatic rings. The average Bonchev–Trinajstić information content (AvgIpc) is 3.20. The van der Waals surface area contributed by atoms with Gasteiger partial charge in [0.2, 0.25) is 0 Å². The van der Waals surface area contributed by atoms with Gasteiger partial charge >= 0.3 is 0 Å². The van der Waals surface area contributed by atoms with Gasteiger partial charge in [-0.3, -0.25) is 19.1 Å². The molecule has 8 N–H and O–H groups in total. The Hall–Kier alpha value is -7.07. The highest BCUT2D eigenvalue weighted by Gasteiger charge is 2.22. The zero-order valence-electron chi connectivity index (χ0n) is 31.4. The van der Waals surface area contributed by atoms with Crippen molar-refractivity contribution in [1.82, 2.24) is 0 Å². The third kappa shape index (κ3) is 8.01. The van der Waals surface area contributed by atoms with E-state index in [4.69, 9.17) is 5.73 Å². The number of aromatic hydroxyl groups is 1. The minimum atomic E-state index is -4.88. The smallest absolute Gasteiger partial charge is 0.295 e. The minimum Gasteiger partial charge on any atom is -0.505 e. The van der Waals surface area contributed by atoms with Crippen molar-refractivity contribution in [2.45, 2.75) is 21.6 Å². The highest BCUT2D eigenvalue weighted by atomic mass is 32.2. The normalized spacial score (nSPS) is 12.7. The highest BCUT2D eigenvalue weighted by molar-refractivity contribution is 7.86. The van der Waals surface area contributed by atoms with E-state index >= 15 is 0 Å². The number of nitrogens with two attached hydrogens (primary N) is 1. The summed E-state index contributed by atoms with van der Waals surface area (Å²) in [6, 6.07) is 30.1. The van der Waals surface area contributed by atoms with Gasteiger partial charge in [-0.2, -0.15) is 30.4 Å². The van der Waals surface area contributed by atoms with Crippen LogP contribution in [0.2, 0.25) is 0 Å². The van der Waals surface area contributed by atoms with Crippen LogP contribution in [0.5, 0.6) is 5.75 Å². The lowest BCUT2D eigenvalue weighted by atomic mass is 10.0. The number of anilines is 3. The van der Waals surface area contributed by atoms with E-state index in [2.05, 4.69) is 31.3 Å². The number of nitrogen functional groups attached to an aromatic ring is 1. The Morgan fingerprint density at radius 3 is 1.74 bits per heavy atom. The first-order chi connectivity index (χ1) is 28.9. The summed E-state index contributed by atoms with van der Waals surface area (Å²) in [7, 11) is -14.3. The number of hydrazine groups is 1. The maximum Gasteiger partial charge on any atom is 0.295 e. The number of aryl methyl sites for hydroxylation is 1. The number of benzene rings is 8. The van der Waals surface area contributed by atoms with Crippen LogP contribution in [0, 0.1) is 6.92 Å². The molecule has 8 aromatic rings. The van der Waals surface area contributed by atoms with Crippen molar-refractivity contribution in [3.05, 3.63) is 127 Å². The number of phenolic OH excluding ortho intramolecular Hbond substituents is 1. The molecule has 8 rings (SSSR count). The van der Waals surface area contributed by atoms with Gasteiger partial charge in [0.15, 0.2) is 0 Å². The molecule has 0 radical (unpaired) electrons. The van der Waals surface area contributed by atoms with Gasteiger partial charge in [0.1, 0.15) is 15.5 Å². The Bertz CT molecular complexity index is 3560. The van der Waals surface area contributed by atoms with Crippen LogP contribution >= 0.6 is 0 Å². The Morgan fingerprint density at radius 1 is 0.508 bits per heavy atom. The van der Waals surface area contributed by atoms with Crippen LogP contribution < -0.4 is 16.6 Å². The van der Waals surface area contributed by atoms with Gasteiger partial charge in [0, 0.05) is 43.4 Å². The summed E-state index contributed by atoms with van der Waals surface area (Å²) in [5.41, 5.74) is 14.8. The SMILES string of the molecule is Cc1cc2cc(N)ccc2c(O)c1NNc1ccc(N=Nc2ccc(N=Nc3cc(S(=O)(=O)O)c4cccc(S(=O)(=O)O)c4c3)c3ccccc23)c2ccc(S(=O)(=O)O)cc12. The average molecular weight is 878 g/mol. The summed E-state index contributed by atoms with van der Waals surface area (Å²) in [5, 5.41) is 31.4. The predicted octanol–water partition coefficient (Wildman–Crippen LogP) is 9.91. The number of hydrogen-bond donors (Lipinski definition) is 7. The maximum atomic E-state index is 12.3. The Labute approximate surface area is 347 Å². The molecule has 61 heavy (non-hydrogen) atoms. The van der Waals surface area contributed by atoms with Gasteiger partial charge < -0.3 is 16.3 Å². The summed E-state index contributed by atoms with van der Waals surface area (Å²) in [5.74, 6) is -0.0372. The lowest BCUT2D eigenvalue weighted by Gasteiger charge is -2.17. The summed E-state index contributed by atoms with van der Waals surface area (Å²) >= 11 is 0. The lowest BCUT2D eigenvalue weighted by molar-refractivity contribution is 0.481. The third-order valence-electron chi connectivity index (χ3n) is 9.79. The molecule has 8 aromatic carbocycles. The van der Waals surface area contributed by atoms with E-state index in [0.29, 0.717) is 66.6 Å². The van der Waals surface area contributed by atoms with Crippen molar-refractivity contribution in [1.29, 1.82) is 0 Å². The maximum absolute atomic E-state index is 12.3. The molecular weight excluding hydrogens is 847 g/mol. The minimum absolute atomic E-state index is 0.0372. The molecule has 308 valence electrons. The van der Waals surface area contributed by atoms with Crippen molar-refractivity contribution in [3.63, 3.8) is 0 Å². The van der Waals surface area contributed by atoms with Crippen molar-refractivity contribution in [2.24, 2.45) is 20.5 Å². The first-order valence-electron chi connectivity index (χ1n) is 17.8. The summed E-state index contributed by atoms with van der Waals surface area (Å²) in [4.78, 5) is -1.60. The van der Waals surface area contributed by atoms with Crippen LogP contribution in [0.25, 0.3) is 43.1 Å². The third-order valence-corrected chi connectivity index (χ3v) is 12.4. The molecular formula is C41H31N7O10S3. The number of rotatable bonds is 10. The fourth-order valence-electron chi connectivity index (χ4n) is 6.97. The monoisotopic (exact) mass is 877 g/mol. The summed E-state index contributed by atoms with van der Waals surface area (Å²) < 4.78 is 103. The largest absolute Gasteiger partial charge is 0.505 e. The fraction of sp³-hybridized carbons (Fsp3) is 0.0244. The molecule has 20 heteroatoms. The second-order valence-electron chi connectivity index (χ2n) is 13.8. The Morgan fingerprint density at radius 2 is 1.10 bits per heavy atom. The molecule has 0 heterocycles. The standard InChI is InChI=1S/C41H31N7O10S3/c1-22-17-23-18-24(42)9-11-27(23)41(49)40(22)48-47-37-16-15-36(30-12-10-26(21-32(30)37)59(50,51)52)46-45-35-14-13-34(28-5-2-3-6-29(28)35)44-43-25-19-33-31(39(20-25)61(56,57)58)7-4-8-38(33)60(53,54)55/h2-21,47-49H,42H2,1H3,(H,50,51,52)(H,53,54,55)(H,56,57,58). The molecule has 0 saturated carbocycles. The molecule has 0 unspecified atom stereocenters. The van der Waals surface area contributed by atoms with Gasteiger partial charge in [-0.15, -0.1) is 15.3 Å². The van der Waals surface area contributed by atoms with Crippen molar-refractivity contribution in [2.75, 3.05) is 16.6 Å². The molecule has 0 fully saturated rings. The van der Waals surface area contributed by atoms with E-state index in [1.165, 1.54) is 36.4 Å². The number of nitrogens with zero attached hydrogens (tertiary/aromatic N) is 4. The molecule has 0 saturated heterocycles. The van der Waals surface area contributed by atoms with E-state index in [1.807, 2.05) is 6.07 Å². The van der Waals surface area contributed by atoms with E-state index in [9.17, 15) is 44.0 Å². The molecule has 0 bridgehead atoms. The Balaban J connectivity index is 1.15. The number of nitrogens with one attached hydrogen (secondary N) is 2. The van der Waals surface area contributed by atoms with Crippen LogP contribution in [0.15, 0.2) is 156 Å². The summed E-state index contributed by atoms with van der Waals surface area (Å²) in [6.45, 7) is 1.79.